The van der Waals surface area contributed by atoms with Crippen LogP contribution in [0.2, 0.25) is 10.0 Å². The zero-order valence-corrected chi connectivity index (χ0v) is 14.1. The summed E-state index contributed by atoms with van der Waals surface area (Å²) in [6.07, 6.45) is 0. The van der Waals surface area contributed by atoms with Gasteiger partial charge in [-0.2, -0.15) is 0 Å². The molecule has 0 atom stereocenters. The van der Waals surface area contributed by atoms with E-state index in [0.29, 0.717) is 11.3 Å². The first-order chi connectivity index (χ1) is 11.4. The second-order valence-electron chi connectivity index (χ2n) is 4.86. The highest BCUT2D eigenvalue weighted by Gasteiger charge is 2.16. The second-order valence-corrected chi connectivity index (χ2v) is 5.64. The average Bonchev–Trinajstić information content (AvgIpc) is 2.55. The summed E-state index contributed by atoms with van der Waals surface area (Å²) in [5.41, 5.74) is 1.02. The molecule has 1 N–H and O–H groups in total. The molecule has 0 spiro atoms. The van der Waals surface area contributed by atoms with Crippen molar-refractivity contribution >= 4 is 46.5 Å². The highest BCUT2D eigenvalue weighted by atomic mass is 35.5. The van der Waals surface area contributed by atoms with E-state index in [2.05, 4.69) is 5.32 Å². The number of amides is 1. The third-order valence-corrected chi connectivity index (χ3v) is 3.85. The second kappa shape index (κ2) is 7.95. The molecule has 124 valence electrons. The summed E-state index contributed by atoms with van der Waals surface area (Å²) in [5.74, 6) is -1.32. The van der Waals surface area contributed by atoms with Crippen molar-refractivity contribution in [3.8, 4) is 0 Å². The van der Waals surface area contributed by atoms with Gasteiger partial charge in [0.25, 0.3) is 0 Å². The van der Waals surface area contributed by atoms with E-state index in [1.54, 1.807) is 24.3 Å². The number of esters is 1. The first-order valence-corrected chi connectivity index (χ1v) is 7.66. The van der Waals surface area contributed by atoms with Gasteiger partial charge in [0.15, 0.2) is 12.4 Å². The number of ether oxygens (including phenoxy) is 1. The highest BCUT2D eigenvalue weighted by Crippen LogP contribution is 2.26. The largest absolute Gasteiger partial charge is 0.454 e. The van der Waals surface area contributed by atoms with E-state index in [9.17, 15) is 14.4 Å². The smallest absolute Gasteiger partial charge is 0.340 e. The molecule has 2 aromatic rings. The molecule has 24 heavy (non-hydrogen) atoms. The van der Waals surface area contributed by atoms with E-state index >= 15 is 0 Å². The van der Waals surface area contributed by atoms with Crippen molar-refractivity contribution in [3.05, 3.63) is 63.6 Å². The highest BCUT2D eigenvalue weighted by molar-refractivity contribution is 6.43. The van der Waals surface area contributed by atoms with Gasteiger partial charge in [0.05, 0.1) is 15.6 Å². The minimum Gasteiger partial charge on any atom is -0.454 e. The lowest BCUT2D eigenvalue weighted by Gasteiger charge is -2.07. The van der Waals surface area contributed by atoms with Gasteiger partial charge < -0.3 is 10.1 Å². The molecule has 7 heteroatoms. The van der Waals surface area contributed by atoms with E-state index in [1.165, 1.54) is 25.1 Å². The van der Waals surface area contributed by atoms with Gasteiger partial charge in [-0.3, -0.25) is 9.59 Å². The van der Waals surface area contributed by atoms with E-state index < -0.39 is 12.6 Å². The van der Waals surface area contributed by atoms with Crippen LogP contribution in [-0.4, -0.2) is 24.3 Å². The number of benzene rings is 2. The molecule has 1 amide bonds. The summed E-state index contributed by atoms with van der Waals surface area (Å²) in [4.78, 5) is 34.9. The van der Waals surface area contributed by atoms with Crippen LogP contribution in [-0.2, 0) is 9.53 Å². The molecule has 0 unspecified atom stereocenters. The molecule has 2 aromatic carbocycles. The number of nitrogens with one attached hydrogen (secondary N) is 1. The zero-order valence-electron chi connectivity index (χ0n) is 12.6. The summed E-state index contributed by atoms with van der Waals surface area (Å²) in [6.45, 7) is 0.959. The number of rotatable bonds is 5. The predicted molar refractivity (Wildman–Crippen MR) is 91.8 cm³/mol. The summed E-state index contributed by atoms with van der Waals surface area (Å²) < 4.78 is 4.97. The van der Waals surface area contributed by atoms with Gasteiger partial charge in [0, 0.05) is 18.2 Å². The van der Waals surface area contributed by atoms with Crippen LogP contribution >= 0.6 is 23.2 Å². The standard InChI is InChI=1S/C17H13Cl2NO4/c1-10(21)20-12-7-5-11(6-8-12)15(22)9-24-17(23)13-3-2-4-14(18)16(13)19/h2-8H,9H2,1H3,(H,20,21). The van der Waals surface area contributed by atoms with Crippen molar-refractivity contribution < 1.29 is 19.1 Å². The Kier molecular flexibility index (Phi) is 5.95. The minimum atomic E-state index is -0.731. The fraction of sp³-hybridized carbons (Fsp3) is 0.118. The molecule has 0 aliphatic carbocycles. The maximum absolute atomic E-state index is 12.0. The van der Waals surface area contributed by atoms with Crippen LogP contribution in [0.3, 0.4) is 0 Å². The minimum absolute atomic E-state index is 0.0799. The van der Waals surface area contributed by atoms with Crippen molar-refractivity contribution in [1.82, 2.24) is 0 Å². The van der Waals surface area contributed by atoms with Gasteiger partial charge in [-0.25, -0.2) is 4.79 Å². The number of ketones is 1. The average molecular weight is 366 g/mol. The van der Waals surface area contributed by atoms with Crippen LogP contribution in [0.5, 0.6) is 0 Å². The normalized spacial score (nSPS) is 10.1. The Balaban J connectivity index is 1.98. The summed E-state index contributed by atoms with van der Waals surface area (Å²) >= 11 is 11.8. The Bertz CT molecular complexity index is 788. The topological polar surface area (TPSA) is 72.5 Å². The van der Waals surface area contributed by atoms with Crippen LogP contribution in [0.1, 0.15) is 27.6 Å². The van der Waals surface area contributed by atoms with Gasteiger partial charge >= 0.3 is 5.97 Å². The van der Waals surface area contributed by atoms with Gasteiger partial charge in [-0.1, -0.05) is 29.3 Å². The van der Waals surface area contributed by atoms with Gasteiger partial charge in [0.2, 0.25) is 5.91 Å². The maximum atomic E-state index is 12.0. The molecule has 0 saturated heterocycles. The van der Waals surface area contributed by atoms with E-state index in [4.69, 9.17) is 27.9 Å². The Morgan fingerprint density at radius 3 is 2.33 bits per heavy atom. The summed E-state index contributed by atoms with van der Waals surface area (Å²) in [6, 6.07) is 10.8. The number of Topliss-reactive ketones (excluding diaryl/α,β-unsaturated/α-hetero) is 1. The van der Waals surface area contributed by atoms with Crippen LogP contribution in [0, 0.1) is 0 Å². The lowest BCUT2D eigenvalue weighted by atomic mass is 10.1. The first-order valence-electron chi connectivity index (χ1n) is 6.90. The molecule has 5 nitrogen and oxygen atoms in total. The predicted octanol–water partition coefficient (Wildman–Crippen LogP) is 3.99. The number of halogens is 2. The lowest BCUT2D eigenvalue weighted by molar-refractivity contribution is -0.114. The molecule has 0 aromatic heterocycles. The number of anilines is 1. The van der Waals surface area contributed by atoms with Gasteiger partial charge in [0.1, 0.15) is 0 Å². The molecule has 0 fully saturated rings. The molecule has 2 rings (SSSR count). The molecular weight excluding hydrogens is 353 g/mol. The summed E-state index contributed by atoms with van der Waals surface area (Å²) in [7, 11) is 0. The van der Waals surface area contributed by atoms with Crippen LogP contribution in [0.4, 0.5) is 5.69 Å². The Morgan fingerprint density at radius 1 is 1.04 bits per heavy atom. The molecule has 0 heterocycles. The number of hydrogen-bond acceptors (Lipinski definition) is 4. The Labute approximate surface area is 148 Å². The number of hydrogen-bond donors (Lipinski definition) is 1. The fourth-order valence-corrected chi connectivity index (χ4v) is 2.27. The van der Waals surface area contributed by atoms with E-state index in [1.807, 2.05) is 0 Å². The van der Waals surface area contributed by atoms with E-state index in [0.717, 1.165) is 0 Å². The first kappa shape index (κ1) is 18.0. The Hall–Kier alpha value is -2.37. The van der Waals surface area contributed by atoms with Crippen molar-refractivity contribution in [2.75, 3.05) is 11.9 Å². The third-order valence-electron chi connectivity index (χ3n) is 3.03. The van der Waals surface area contributed by atoms with Gasteiger partial charge in [-0.15, -0.1) is 0 Å². The number of carbonyl (C=O) groups excluding carboxylic acids is 3. The van der Waals surface area contributed by atoms with Gasteiger partial charge in [-0.05, 0) is 36.4 Å². The van der Waals surface area contributed by atoms with Crippen molar-refractivity contribution in [2.45, 2.75) is 6.92 Å². The molecule has 0 aliphatic heterocycles. The monoisotopic (exact) mass is 365 g/mol. The van der Waals surface area contributed by atoms with Crippen molar-refractivity contribution in [3.63, 3.8) is 0 Å². The van der Waals surface area contributed by atoms with Crippen LogP contribution in [0.25, 0.3) is 0 Å². The number of carbonyl (C=O) groups is 3. The quantitative estimate of drug-likeness (QED) is 0.642. The molecule has 0 radical (unpaired) electrons. The maximum Gasteiger partial charge on any atom is 0.340 e. The van der Waals surface area contributed by atoms with Crippen molar-refractivity contribution in [1.29, 1.82) is 0 Å². The SMILES string of the molecule is CC(=O)Nc1ccc(C(=O)COC(=O)c2cccc(Cl)c2Cl)cc1. The lowest BCUT2D eigenvalue weighted by Crippen LogP contribution is -2.15. The van der Waals surface area contributed by atoms with Crippen LogP contribution in [0.15, 0.2) is 42.5 Å². The zero-order chi connectivity index (χ0) is 17.7. The molecule has 0 aliphatic rings. The Morgan fingerprint density at radius 2 is 1.71 bits per heavy atom. The molecule has 0 bridgehead atoms. The third kappa shape index (κ3) is 4.57. The van der Waals surface area contributed by atoms with E-state index in [-0.39, 0.29) is 27.3 Å². The molecular formula is C17H13Cl2NO4. The molecule has 0 saturated carbocycles. The fourth-order valence-electron chi connectivity index (χ4n) is 1.90. The van der Waals surface area contributed by atoms with Crippen LogP contribution < -0.4 is 5.32 Å². The summed E-state index contributed by atoms with van der Waals surface area (Å²) in [5, 5.41) is 2.90. The van der Waals surface area contributed by atoms with Crippen molar-refractivity contribution in [2.24, 2.45) is 0 Å².